The lowest BCUT2D eigenvalue weighted by Crippen LogP contribution is -2.05. The molecule has 0 rings (SSSR count). The van der Waals surface area contributed by atoms with Crippen molar-refractivity contribution in [3.63, 3.8) is 0 Å². The molecule has 0 N–H and O–H groups in total. The fraction of sp³-hybridized carbons (Fsp3) is 0.714. The number of hydrogen-bond acceptors (Lipinski definition) is 3. The van der Waals surface area contributed by atoms with Gasteiger partial charge in [-0.2, -0.15) is 0 Å². The molecule has 11 heavy (non-hydrogen) atoms. The lowest BCUT2D eigenvalue weighted by molar-refractivity contribution is -0.114. The van der Waals surface area contributed by atoms with Gasteiger partial charge in [0.1, 0.15) is 0 Å². The molecule has 0 saturated carbocycles. The third kappa shape index (κ3) is 6.38. The maximum atomic E-state index is 10.5. The van der Waals surface area contributed by atoms with E-state index in [0.29, 0.717) is 12.2 Å². The normalized spacial score (nSPS) is 12.6. The summed E-state index contributed by atoms with van der Waals surface area (Å²) in [5, 5.41) is -0.242. The number of halogens is 1. The highest BCUT2D eigenvalue weighted by atomic mass is 35.5. The van der Waals surface area contributed by atoms with Crippen molar-refractivity contribution in [3.8, 4) is 0 Å². The second-order valence-corrected chi connectivity index (χ2v) is 3.98. The van der Waals surface area contributed by atoms with Gasteiger partial charge in [0, 0.05) is 18.6 Å². The molecule has 0 bridgehead atoms. The predicted octanol–water partition coefficient (Wildman–Crippen LogP) is 2.06. The second-order valence-electron chi connectivity index (χ2n) is 2.33. The Labute approximate surface area is 75.7 Å². The molecule has 4 heteroatoms. The largest absolute Gasteiger partial charge is 0.288 e. The van der Waals surface area contributed by atoms with Crippen LogP contribution >= 0.6 is 23.4 Å². The van der Waals surface area contributed by atoms with Crippen LogP contribution in [0.2, 0.25) is 0 Å². The van der Waals surface area contributed by atoms with Crippen LogP contribution in [0, 0.1) is 5.92 Å². The fourth-order valence-electron chi connectivity index (χ4n) is 0.493. The number of hydrogen-bond donors (Lipinski definition) is 0. The van der Waals surface area contributed by atoms with Crippen molar-refractivity contribution in [1.29, 1.82) is 0 Å². The van der Waals surface area contributed by atoms with Gasteiger partial charge in [0.15, 0.2) is 5.12 Å². The van der Waals surface area contributed by atoms with Gasteiger partial charge in [0.2, 0.25) is 5.24 Å². The summed E-state index contributed by atoms with van der Waals surface area (Å²) in [7, 11) is 0. The number of carbonyl (C=O) groups excluding carboxylic acids is 2. The van der Waals surface area contributed by atoms with Crippen molar-refractivity contribution in [2.24, 2.45) is 5.92 Å². The lowest BCUT2D eigenvalue weighted by atomic mass is 10.1. The van der Waals surface area contributed by atoms with Gasteiger partial charge in [-0.05, 0) is 18.0 Å². The van der Waals surface area contributed by atoms with Gasteiger partial charge in [-0.3, -0.25) is 9.59 Å². The van der Waals surface area contributed by atoms with Crippen molar-refractivity contribution in [1.82, 2.24) is 0 Å². The summed E-state index contributed by atoms with van der Waals surface area (Å²) < 4.78 is 0. The predicted molar refractivity (Wildman–Crippen MR) is 47.8 cm³/mol. The molecule has 0 saturated heterocycles. The minimum Gasteiger partial charge on any atom is -0.288 e. The quantitative estimate of drug-likeness (QED) is 0.643. The Hall–Kier alpha value is -0.0200. The van der Waals surface area contributed by atoms with E-state index in [1.165, 1.54) is 18.7 Å². The molecule has 2 nitrogen and oxygen atoms in total. The van der Waals surface area contributed by atoms with Crippen LogP contribution < -0.4 is 0 Å². The van der Waals surface area contributed by atoms with E-state index in [9.17, 15) is 9.59 Å². The first kappa shape index (κ1) is 11.0. The monoisotopic (exact) mass is 194 g/mol. The fourth-order valence-corrected chi connectivity index (χ4v) is 1.36. The Morgan fingerprint density at radius 3 is 2.45 bits per heavy atom. The Morgan fingerprint density at radius 2 is 2.09 bits per heavy atom. The van der Waals surface area contributed by atoms with Crippen molar-refractivity contribution in [2.45, 2.75) is 20.3 Å². The van der Waals surface area contributed by atoms with E-state index in [2.05, 4.69) is 0 Å². The minimum atomic E-state index is -0.325. The highest BCUT2D eigenvalue weighted by molar-refractivity contribution is 8.13. The molecule has 0 radical (unpaired) electrons. The van der Waals surface area contributed by atoms with E-state index in [1.54, 1.807) is 6.92 Å². The topological polar surface area (TPSA) is 34.1 Å². The van der Waals surface area contributed by atoms with E-state index in [-0.39, 0.29) is 16.3 Å². The average molecular weight is 195 g/mol. The van der Waals surface area contributed by atoms with Gasteiger partial charge in [-0.1, -0.05) is 18.7 Å². The zero-order valence-corrected chi connectivity index (χ0v) is 8.17. The molecule has 0 amide bonds. The number of thioether (sulfide) groups is 1. The van der Waals surface area contributed by atoms with Gasteiger partial charge < -0.3 is 0 Å². The maximum absolute atomic E-state index is 10.5. The molecule has 0 aliphatic heterocycles. The zero-order valence-electron chi connectivity index (χ0n) is 6.59. The van der Waals surface area contributed by atoms with Crippen molar-refractivity contribution in [3.05, 3.63) is 0 Å². The molecule has 1 atom stereocenters. The van der Waals surface area contributed by atoms with Crippen LogP contribution in [0.3, 0.4) is 0 Å². The Bertz CT molecular complexity index is 159. The summed E-state index contributed by atoms with van der Waals surface area (Å²) in [6, 6.07) is 0. The van der Waals surface area contributed by atoms with E-state index < -0.39 is 0 Å². The molecule has 0 aromatic rings. The standard InChI is InChI=1S/C7H11ClO2S/c1-5(7(8)10)3-4-11-6(2)9/h5H,3-4H2,1-2H3. The van der Waals surface area contributed by atoms with Crippen molar-refractivity contribution >= 4 is 33.7 Å². The molecule has 64 valence electrons. The van der Waals surface area contributed by atoms with Gasteiger partial charge in [0.05, 0.1) is 0 Å². The van der Waals surface area contributed by atoms with E-state index in [4.69, 9.17) is 11.6 Å². The average Bonchev–Trinajstić information content (AvgIpc) is 1.86. The molecule has 0 aromatic heterocycles. The first-order valence-electron chi connectivity index (χ1n) is 3.36. The van der Waals surface area contributed by atoms with E-state index in [1.807, 2.05) is 0 Å². The van der Waals surface area contributed by atoms with Crippen LogP contribution in [0.1, 0.15) is 20.3 Å². The third-order valence-corrected chi connectivity index (χ3v) is 2.46. The summed E-state index contributed by atoms with van der Waals surface area (Å²) in [6.07, 6.45) is 0.673. The highest BCUT2D eigenvalue weighted by Crippen LogP contribution is 2.11. The molecule has 0 spiro atoms. The van der Waals surface area contributed by atoms with Crippen LogP contribution in [0.5, 0.6) is 0 Å². The van der Waals surface area contributed by atoms with Crippen LogP contribution in [0.15, 0.2) is 0 Å². The van der Waals surface area contributed by atoms with Crippen LogP contribution in [-0.4, -0.2) is 16.1 Å². The van der Waals surface area contributed by atoms with Crippen LogP contribution in [0.4, 0.5) is 0 Å². The summed E-state index contributed by atoms with van der Waals surface area (Å²) in [4.78, 5) is 20.9. The number of rotatable bonds is 4. The summed E-state index contributed by atoms with van der Waals surface area (Å²) in [5.41, 5.74) is 0. The van der Waals surface area contributed by atoms with Crippen LogP contribution in [0.25, 0.3) is 0 Å². The lowest BCUT2D eigenvalue weighted by Gasteiger charge is -2.02. The smallest absolute Gasteiger partial charge is 0.224 e. The van der Waals surface area contributed by atoms with Crippen molar-refractivity contribution < 1.29 is 9.59 Å². The first-order chi connectivity index (χ1) is 5.04. The van der Waals surface area contributed by atoms with Crippen molar-refractivity contribution in [2.75, 3.05) is 5.75 Å². The molecule has 0 heterocycles. The van der Waals surface area contributed by atoms with E-state index in [0.717, 1.165) is 0 Å². The molecule has 0 aliphatic rings. The van der Waals surface area contributed by atoms with Crippen LogP contribution in [-0.2, 0) is 9.59 Å². The molecular formula is C7H11ClO2S. The Morgan fingerprint density at radius 1 is 1.55 bits per heavy atom. The van der Waals surface area contributed by atoms with Gasteiger partial charge in [-0.15, -0.1) is 0 Å². The minimum absolute atomic E-state index is 0.0826. The van der Waals surface area contributed by atoms with Gasteiger partial charge >= 0.3 is 0 Å². The maximum Gasteiger partial charge on any atom is 0.224 e. The Kier molecular flexibility index (Phi) is 5.60. The molecule has 0 aliphatic carbocycles. The first-order valence-corrected chi connectivity index (χ1v) is 4.73. The molecular weight excluding hydrogens is 184 g/mol. The van der Waals surface area contributed by atoms with E-state index >= 15 is 0 Å². The highest BCUT2D eigenvalue weighted by Gasteiger charge is 2.09. The van der Waals surface area contributed by atoms with Gasteiger partial charge in [-0.25, -0.2) is 0 Å². The molecule has 0 aromatic carbocycles. The second kappa shape index (κ2) is 5.61. The SMILES string of the molecule is CC(=O)SCCC(C)C(=O)Cl. The molecule has 0 fully saturated rings. The zero-order chi connectivity index (χ0) is 8.85. The summed E-state index contributed by atoms with van der Waals surface area (Å²) in [5.74, 6) is 0.540. The third-order valence-electron chi connectivity index (χ3n) is 1.24. The summed E-state index contributed by atoms with van der Waals surface area (Å²) in [6.45, 7) is 3.27. The molecule has 1 unspecified atom stereocenters. The summed E-state index contributed by atoms with van der Waals surface area (Å²) >= 11 is 6.44. The van der Waals surface area contributed by atoms with Gasteiger partial charge in [0.25, 0.3) is 0 Å². The number of carbonyl (C=O) groups is 2. The Balaban J connectivity index is 3.39.